The van der Waals surface area contributed by atoms with E-state index < -0.39 is 0 Å². The molecule has 49 heavy (non-hydrogen) atoms. The van der Waals surface area contributed by atoms with Gasteiger partial charge in [-0.1, -0.05) is 103 Å². The first-order chi connectivity index (χ1) is 24.3. The van der Waals surface area contributed by atoms with Gasteiger partial charge in [0.2, 0.25) is 0 Å². The number of furan rings is 1. The molecule has 0 bridgehead atoms. The van der Waals surface area contributed by atoms with E-state index in [1.807, 2.05) is 12.3 Å². The molecule has 0 aliphatic rings. The molecule has 0 aliphatic carbocycles. The van der Waals surface area contributed by atoms with Crippen LogP contribution >= 0.6 is 0 Å². The van der Waals surface area contributed by atoms with Crippen molar-refractivity contribution in [2.45, 2.75) is 0 Å². The van der Waals surface area contributed by atoms with E-state index in [2.05, 4.69) is 172 Å². The van der Waals surface area contributed by atoms with E-state index in [-0.39, 0.29) is 0 Å². The van der Waals surface area contributed by atoms with Crippen molar-refractivity contribution in [3.05, 3.63) is 176 Å². The van der Waals surface area contributed by atoms with Gasteiger partial charge in [0, 0.05) is 62.3 Å². The minimum atomic E-state index is 0.848. The van der Waals surface area contributed by atoms with Gasteiger partial charge in [-0.25, -0.2) is 0 Å². The summed E-state index contributed by atoms with van der Waals surface area (Å²) in [4.78, 5) is 6.65. The molecule has 10 aromatic rings. The molecule has 0 saturated carbocycles. The number of anilines is 3. The van der Waals surface area contributed by atoms with Crippen LogP contribution in [0.25, 0.3) is 71.3 Å². The molecule has 0 fully saturated rings. The van der Waals surface area contributed by atoms with Gasteiger partial charge in [-0.2, -0.15) is 0 Å². The lowest BCUT2D eigenvalue weighted by molar-refractivity contribution is 0.669. The molecule has 0 amide bonds. The third-order valence-corrected chi connectivity index (χ3v) is 9.66. The van der Waals surface area contributed by atoms with Crippen LogP contribution in [0.3, 0.4) is 0 Å². The summed E-state index contributed by atoms with van der Waals surface area (Å²) in [5, 5.41) is 7.16. The molecule has 4 nitrogen and oxygen atoms in total. The Morgan fingerprint density at radius 2 is 1.24 bits per heavy atom. The van der Waals surface area contributed by atoms with Gasteiger partial charge in [0.05, 0.1) is 11.0 Å². The van der Waals surface area contributed by atoms with Gasteiger partial charge in [0.15, 0.2) is 0 Å². The number of aromatic nitrogens is 2. The van der Waals surface area contributed by atoms with E-state index in [1.54, 1.807) is 6.20 Å². The van der Waals surface area contributed by atoms with Crippen molar-refractivity contribution in [1.82, 2.24) is 9.55 Å². The molecule has 0 atom stereocenters. The average molecular weight is 628 g/mol. The minimum Gasteiger partial charge on any atom is -0.455 e. The quantitative estimate of drug-likeness (QED) is 0.190. The first-order valence-corrected chi connectivity index (χ1v) is 16.5. The summed E-state index contributed by atoms with van der Waals surface area (Å²) in [6.45, 7) is 0. The van der Waals surface area contributed by atoms with Crippen LogP contribution in [0.5, 0.6) is 0 Å². The van der Waals surface area contributed by atoms with E-state index in [0.717, 1.165) is 55.8 Å². The Bertz CT molecular complexity index is 2830. The fraction of sp³-hybridized carbons (Fsp3) is 0. The average Bonchev–Trinajstić information content (AvgIpc) is 3.72. The van der Waals surface area contributed by atoms with Gasteiger partial charge < -0.3 is 13.9 Å². The van der Waals surface area contributed by atoms with Crippen LogP contribution in [-0.4, -0.2) is 9.55 Å². The normalized spacial score (nSPS) is 11.7. The molecular formula is C45H29N3O. The number of pyridine rings is 1. The highest BCUT2D eigenvalue weighted by Gasteiger charge is 2.18. The molecule has 0 unspecified atom stereocenters. The second kappa shape index (κ2) is 11.0. The highest BCUT2D eigenvalue weighted by molar-refractivity contribution is 6.21. The Labute approximate surface area is 282 Å². The smallest absolute Gasteiger partial charge is 0.143 e. The van der Waals surface area contributed by atoms with Crippen LogP contribution in [0.2, 0.25) is 0 Å². The number of rotatable bonds is 5. The highest BCUT2D eigenvalue weighted by atomic mass is 16.3. The van der Waals surface area contributed by atoms with Crippen molar-refractivity contribution in [3.8, 4) is 16.8 Å². The van der Waals surface area contributed by atoms with E-state index in [1.165, 1.54) is 32.6 Å². The molecule has 0 spiro atoms. The van der Waals surface area contributed by atoms with Crippen LogP contribution in [0.4, 0.5) is 17.1 Å². The summed E-state index contributed by atoms with van der Waals surface area (Å²) in [5.74, 6) is 0. The van der Waals surface area contributed by atoms with E-state index in [4.69, 9.17) is 4.42 Å². The van der Waals surface area contributed by atoms with E-state index >= 15 is 0 Å². The van der Waals surface area contributed by atoms with Gasteiger partial charge in [0.25, 0.3) is 0 Å². The first kappa shape index (κ1) is 27.5. The summed E-state index contributed by atoms with van der Waals surface area (Å²) in [6.07, 6.45) is 3.65. The van der Waals surface area contributed by atoms with Gasteiger partial charge in [-0.15, -0.1) is 0 Å². The van der Waals surface area contributed by atoms with Crippen LogP contribution in [-0.2, 0) is 0 Å². The summed E-state index contributed by atoms with van der Waals surface area (Å²) >= 11 is 0. The fourth-order valence-electron chi connectivity index (χ4n) is 7.47. The van der Waals surface area contributed by atoms with Crippen LogP contribution in [0, 0.1) is 0 Å². The molecule has 4 heteroatoms. The van der Waals surface area contributed by atoms with E-state index in [0.29, 0.717) is 0 Å². The topological polar surface area (TPSA) is 34.2 Å². The molecule has 0 radical (unpaired) electrons. The van der Waals surface area contributed by atoms with Crippen molar-refractivity contribution in [2.75, 3.05) is 4.90 Å². The Hall–Kier alpha value is -6.65. The summed E-state index contributed by atoms with van der Waals surface area (Å²) in [6, 6.07) is 58.3. The standard InChI is InChI=1S/C45H29N3O/c1-2-11-32(12-3-1)47(33-23-20-31(21-24-33)37-17-9-18-38-40-29-46-27-26-43(40)49-45(37)38)34-13-8-14-35(28-34)48-41-19-7-6-16-39(41)44-36-15-5-4-10-30(36)22-25-42(44)48/h1-29H. The maximum absolute atomic E-state index is 6.33. The summed E-state index contributed by atoms with van der Waals surface area (Å²) in [5.41, 5.74) is 10.6. The zero-order valence-corrected chi connectivity index (χ0v) is 26.5. The van der Waals surface area contributed by atoms with Gasteiger partial charge in [0.1, 0.15) is 11.2 Å². The molecule has 7 aromatic carbocycles. The second-order valence-corrected chi connectivity index (χ2v) is 12.4. The third kappa shape index (κ3) is 4.35. The molecule has 0 aliphatic heterocycles. The van der Waals surface area contributed by atoms with E-state index in [9.17, 15) is 0 Å². The number of para-hydroxylation sites is 3. The van der Waals surface area contributed by atoms with Crippen molar-refractivity contribution < 1.29 is 4.42 Å². The van der Waals surface area contributed by atoms with Crippen molar-refractivity contribution in [2.24, 2.45) is 0 Å². The van der Waals surface area contributed by atoms with Crippen molar-refractivity contribution >= 4 is 71.6 Å². The number of hydrogen-bond donors (Lipinski definition) is 0. The van der Waals surface area contributed by atoms with Crippen molar-refractivity contribution in [1.29, 1.82) is 0 Å². The molecule has 3 heterocycles. The predicted octanol–water partition coefficient (Wildman–Crippen LogP) is 12.4. The largest absolute Gasteiger partial charge is 0.455 e. The second-order valence-electron chi connectivity index (χ2n) is 12.4. The van der Waals surface area contributed by atoms with Gasteiger partial charge in [-0.3, -0.25) is 4.98 Å². The SMILES string of the molecule is c1ccc(N(c2ccc(-c3cccc4c3oc3ccncc34)cc2)c2cccc(-n3c4ccccc4c4c5ccccc5ccc43)c2)cc1. The summed E-state index contributed by atoms with van der Waals surface area (Å²) in [7, 11) is 0. The maximum Gasteiger partial charge on any atom is 0.143 e. The molecule has 3 aromatic heterocycles. The number of benzene rings is 7. The molecule has 0 N–H and O–H groups in total. The highest BCUT2D eigenvalue weighted by Crippen LogP contribution is 2.41. The van der Waals surface area contributed by atoms with Crippen LogP contribution < -0.4 is 4.90 Å². The third-order valence-electron chi connectivity index (χ3n) is 9.66. The maximum atomic E-state index is 6.33. The number of nitrogens with zero attached hydrogens (tertiary/aromatic N) is 3. The monoisotopic (exact) mass is 627 g/mol. The Morgan fingerprint density at radius 1 is 0.510 bits per heavy atom. The lowest BCUT2D eigenvalue weighted by atomic mass is 10.0. The van der Waals surface area contributed by atoms with Crippen molar-refractivity contribution in [3.63, 3.8) is 0 Å². The fourth-order valence-corrected chi connectivity index (χ4v) is 7.47. The van der Waals surface area contributed by atoms with Gasteiger partial charge >= 0.3 is 0 Å². The Balaban J connectivity index is 1.12. The lowest BCUT2D eigenvalue weighted by Gasteiger charge is -2.26. The zero-order chi connectivity index (χ0) is 32.3. The number of hydrogen-bond acceptors (Lipinski definition) is 3. The minimum absolute atomic E-state index is 0.848. The first-order valence-electron chi connectivity index (χ1n) is 16.5. The summed E-state index contributed by atoms with van der Waals surface area (Å²) < 4.78 is 8.73. The van der Waals surface area contributed by atoms with Crippen LogP contribution in [0.15, 0.2) is 181 Å². The molecular weight excluding hydrogens is 599 g/mol. The Kier molecular flexibility index (Phi) is 6.15. The van der Waals surface area contributed by atoms with Gasteiger partial charge in [-0.05, 0) is 77.0 Å². The molecule has 0 saturated heterocycles. The predicted molar refractivity (Wildman–Crippen MR) is 203 cm³/mol. The van der Waals surface area contributed by atoms with Crippen LogP contribution in [0.1, 0.15) is 0 Å². The lowest BCUT2D eigenvalue weighted by Crippen LogP contribution is -2.10. The molecule has 230 valence electrons. The number of fused-ring (bicyclic) bond motifs is 8. The molecule has 10 rings (SSSR count). The Morgan fingerprint density at radius 3 is 2.14 bits per heavy atom. The zero-order valence-electron chi connectivity index (χ0n) is 26.5.